The molecule has 1 atom stereocenters. The van der Waals surface area contributed by atoms with Gasteiger partial charge in [0, 0.05) is 6.42 Å². The Kier molecular flexibility index (Phi) is 18.4. The second-order valence-electron chi connectivity index (χ2n) is 9.20. The topological polar surface area (TPSA) is 139 Å². The molecule has 0 N–H and O–H groups in total. The van der Waals surface area contributed by atoms with Crippen LogP contribution < -0.4 is 69.8 Å². The van der Waals surface area contributed by atoms with Crippen LogP contribution in [0.2, 0.25) is 0 Å². The molecule has 2 rings (SSSR count). The molecule has 1 heterocycles. The molecule has 194 valence electrons. The van der Waals surface area contributed by atoms with Crippen molar-refractivity contribution in [1.29, 1.82) is 0 Å². The summed E-state index contributed by atoms with van der Waals surface area (Å²) in [5.74, 6) is 0. The minimum absolute atomic E-state index is 0. The van der Waals surface area contributed by atoms with Crippen molar-refractivity contribution in [2.24, 2.45) is 9.98 Å². The largest absolute Gasteiger partial charge is 1.00 e. The van der Waals surface area contributed by atoms with Gasteiger partial charge in [-0.05, 0) is 18.6 Å². The molecule has 1 aliphatic heterocycles. The molecule has 8 nitrogen and oxygen atoms in total. The molecular formula is C24H38N2Na2O6S2. The second-order valence-corrected chi connectivity index (χ2v) is 12.1. The molecule has 0 aliphatic carbocycles. The van der Waals surface area contributed by atoms with Crippen molar-refractivity contribution in [3.05, 3.63) is 28.9 Å². The van der Waals surface area contributed by atoms with Gasteiger partial charge in [-0.1, -0.05) is 103 Å². The van der Waals surface area contributed by atoms with E-state index in [2.05, 4.69) is 16.9 Å². The van der Waals surface area contributed by atoms with Crippen LogP contribution in [0.1, 0.15) is 110 Å². The van der Waals surface area contributed by atoms with E-state index in [4.69, 9.17) is 0 Å². The zero-order valence-electron chi connectivity index (χ0n) is 22.2. The van der Waals surface area contributed by atoms with Crippen LogP contribution in [0.25, 0.3) is 0 Å². The van der Waals surface area contributed by atoms with Gasteiger partial charge in [0.05, 0.1) is 10.3 Å². The summed E-state index contributed by atoms with van der Waals surface area (Å²) in [6.45, 7) is 2.23. The Morgan fingerprint density at radius 3 is 1.56 bits per heavy atom. The summed E-state index contributed by atoms with van der Waals surface area (Å²) in [6.07, 6.45) is 17.1. The second kappa shape index (κ2) is 18.1. The van der Waals surface area contributed by atoms with Crippen molar-refractivity contribution in [3.8, 4) is 0 Å². The molecule has 0 saturated carbocycles. The maximum atomic E-state index is 12.0. The van der Waals surface area contributed by atoms with Gasteiger partial charge in [0.25, 0.3) is 0 Å². The van der Waals surface area contributed by atoms with Gasteiger partial charge in [0.1, 0.15) is 25.6 Å². The fourth-order valence-electron chi connectivity index (χ4n) is 4.38. The Morgan fingerprint density at radius 1 is 0.694 bits per heavy atom. The summed E-state index contributed by atoms with van der Waals surface area (Å²) < 4.78 is 70.4. The molecule has 1 aliphatic rings. The van der Waals surface area contributed by atoms with E-state index in [9.17, 15) is 25.9 Å². The van der Waals surface area contributed by atoms with E-state index in [0.717, 1.165) is 31.7 Å². The molecule has 1 aromatic rings. The van der Waals surface area contributed by atoms with E-state index in [0.29, 0.717) is 6.42 Å². The first kappa shape index (κ1) is 36.6. The van der Waals surface area contributed by atoms with Crippen LogP contribution in [0, 0.1) is 0 Å². The van der Waals surface area contributed by atoms with Gasteiger partial charge in [-0.15, -0.1) is 0 Å². The summed E-state index contributed by atoms with van der Waals surface area (Å²) in [5.41, 5.74) is 0. The number of fused-ring (bicyclic) bond motifs is 1. The van der Waals surface area contributed by atoms with Crippen molar-refractivity contribution in [1.82, 2.24) is 0 Å². The molecule has 0 spiro atoms. The molecule has 0 aromatic heterocycles. The van der Waals surface area contributed by atoms with E-state index in [1.165, 1.54) is 76.3 Å². The first-order valence-corrected chi connectivity index (χ1v) is 15.4. The van der Waals surface area contributed by atoms with E-state index < -0.39 is 30.1 Å². The number of hydrogen-bond donors (Lipinski definition) is 0. The molecule has 0 fully saturated rings. The fraction of sp³-hybridized carbons (Fsp3) is 0.750. The number of nitrogens with zero attached hydrogens (tertiary/aromatic N) is 2. The van der Waals surface area contributed by atoms with Crippen molar-refractivity contribution in [2.45, 2.75) is 120 Å². The van der Waals surface area contributed by atoms with Gasteiger partial charge >= 0.3 is 59.1 Å². The molecule has 12 heteroatoms. The Balaban J connectivity index is 0.00000612. The van der Waals surface area contributed by atoms with Gasteiger partial charge in [-0.2, -0.15) is 0 Å². The number of unbranched alkanes of at least 4 members (excludes halogenated alkanes) is 14. The van der Waals surface area contributed by atoms with E-state index in [1.54, 1.807) is 0 Å². The minimum Gasteiger partial charge on any atom is -0.745 e. The van der Waals surface area contributed by atoms with Crippen LogP contribution in [-0.2, 0) is 20.2 Å². The van der Waals surface area contributed by atoms with Crippen LogP contribution in [0.5, 0.6) is 0 Å². The Labute approximate surface area is 261 Å². The third kappa shape index (κ3) is 11.8. The van der Waals surface area contributed by atoms with Gasteiger partial charge in [-0.25, -0.2) is 26.8 Å². The molecular weight excluding hydrogens is 522 g/mol. The molecule has 1 aromatic carbocycles. The van der Waals surface area contributed by atoms with Crippen molar-refractivity contribution >= 4 is 20.2 Å². The number of benzene rings is 1. The van der Waals surface area contributed by atoms with E-state index in [1.807, 2.05) is 0 Å². The average molecular weight is 561 g/mol. The van der Waals surface area contributed by atoms with Crippen LogP contribution in [-0.4, -0.2) is 30.9 Å². The zero-order valence-corrected chi connectivity index (χ0v) is 27.8. The summed E-state index contributed by atoms with van der Waals surface area (Å²) >= 11 is 0. The fourth-order valence-corrected chi connectivity index (χ4v) is 5.82. The Morgan fingerprint density at radius 2 is 1.14 bits per heavy atom. The summed E-state index contributed by atoms with van der Waals surface area (Å²) in [7, 11) is -9.87. The van der Waals surface area contributed by atoms with Gasteiger partial charge in [0.2, 0.25) is 4.99 Å². The van der Waals surface area contributed by atoms with Gasteiger partial charge in [-0.3, -0.25) is 0 Å². The average Bonchev–Trinajstić information content (AvgIpc) is 3.15. The molecule has 0 saturated heterocycles. The normalized spacial score (nSPS) is 16.9. The molecule has 36 heavy (non-hydrogen) atoms. The predicted molar refractivity (Wildman–Crippen MR) is 129 cm³/mol. The van der Waals surface area contributed by atoms with Crippen LogP contribution in [0.4, 0.5) is 0 Å². The van der Waals surface area contributed by atoms with Crippen LogP contribution >= 0.6 is 0 Å². The maximum absolute atomic E-state index is 12.0. The first-order valence-electron chi connectivity index (χ1n) is 12.6. The van der Waals surface area contributed by atoms with E-state index in [-0.39, 0.29) is 76.2 Å². The Hall–Kier alpha value is 0.640. The maximum Gasteiger partial charge on any atom is 1.00 e. The van der Waals surface area contributed by atoms with Gasteiger partial charge < -0.3 is 9.11 Å². The number of rotatable bonds is 18. The zero-order chi connectivity index (χ0) is 25.1. The van der Waals surface area contributed by atoms with E-state index >= 15 is 0 Å². The molecule has 1 unspecified atom stereocenters. The minimum atomic E-state index is -4.99. The van der Waals surface area contributed by atoms with Crippen LogP contribution in [0.15, 0.2) is 33.1 Å². The number of hydrogen-bond acceptors (Lipinski definition) is 8. The van der Waals surface area contributed by atoms with Crippen molar-refractivity contribution < 1.29 is 85.1 Å². The molecule has 0 amide bonds. The van der Waals surface area contributed by atoms with Crippen LogP contribution in [0.3, 0.4) is 0 Å². The third-order valence-corrected chi connectivity index (χ3v) is 8.39. The quantitative estimate of drug-likeness (QED) is 0.119. The smallest absolute Gasteiger partial charge is 0.745 e. The van der Waals surface area contributed by atoms with Crippen molar-refractivity contribution in [3.63, 3.8) is 0 Å². The predicted octanol–water partition coefficient (Wildman–Crippen LogP) is -1.69. The summed E-state index contributed by atoms with van der Waals surface area (Å²) in [5, 5.41) is -0.393. The summed E-state index contributed by atoms with van der Waals surface area (Å²) in [6, 6.07) is 3.68. The first-order chi connectivity index (χ1) is 16.1. The number of para-hydroxylation sites is 1. The van der Waals surface area contributed by atoms with Gasteiger partial charge in [0.15, 0.2) is 0 Å². The Bertz CT molecular complexity index is 1110. The molecule has 0 bridgehead atoms. The third-order valence-electron chi connectivity index (χ3n) is 6.34. The SMILES string of the molecule is CCCCCCCCCCCCCCCCCC1(S(=O)(=O)[O-])N=c2cccc(S(=O)(=O)[O-])c2=N1.[Na+].[Na+]. The summed E-state index contributed by atoms with van der Waals surface area (Å²) in [4.78, 5) is 4.88. The molecule has 0 radical (unpaired) electrons. The standard InChI is InChI=1S/C24H40N2O6S2.2Na/c1-2-3-4-5-6-7-8-9-10-11-12-13-14-15-16-20-24(34(30,31)32)25-21-18-17-19-22(23(21)26-24)33(27,28)29;;/h17-19H,2-16,20H2,1H3,(H,27,28,29)(H,30,31,32);;/q;2*+1/p-2. The monoisotopic (exact) mass is 560 g/mol. The van der Waals surface area contributed by atoms with Crippen molar-refractivity contribution in [2.75, 3.05) is 0 Å².